The molecule has 5 heteroatoms. The Balaban J connectivity index is 2.63. The van der Waals surface area contributed by atoms with Gasteiger partial charge in [-0.15, -0.1) is 0 Å². The first-order chi connectivity index (χ1) is 4.11. The van der Waals surface area contributed by atoms with E-state index in [2.05, 4.69) is 0 Å². The highest BCUT2D eigenvalue weighted by atomic mass is 35.7. The van der Waals surface area contributed by atoms with Gasteiger partial charge in [0.25, 0.3) is 0 Å². The fourth-order valence-corrected chi connectivity index (χ4v) is 1.79. The monoisotopic (exact) mass is 170 g/mol. The van der Waals surface area contributed by atoms with Crippen LogP contribution in [0.3, 0.4) is 0 Å². The van der Waals surface area contributed by atoms with Gasteiger partial charge < -0.3 is 4.74 Å². The van der Waals surface area contributed by atoms with E-state index in [1.165, 1.54) is 0 Å². The fraction of sp³-hybridized carbons (Fsp3) is 1.00. The minimum absolute atomic E-state index is 0.256. The van der Waals surface area contributed by atoms with E-state index in [-0.39, 0.29) is 6.61 Å². The standard InChI is InChI=1S/C4H7ClO3S/c5-9(6,7)4-1-2-8-3-4/h4H,1-3H2. The summed E-state index contributed by atoms with van der Waals surface area (Å²) in [5.41, 5.74) is 0. The van der Waals surface area contributed by atoms with Gasteiger partial charge in [0.05, 0.1) is 6.61 Å². The molecule has 0 aromatic rings. The zero-order chi connectivity index (χ0) is 6.91. The molecule has 0 aromatic heterocycles. The lowest BCUT2D eigenvalue weighted by molar-refractivity contribution is 0.198. The van der Waals surface area contributed by atoms with Gasteiger partial charge in [-0.1, -0.05) is 0 Å². The summed E-state index contributed by atoms with van der Waals surface area (Å²) >= 11 is 0. The third-order valence-electron chi connectivity index (χ3n) is 1.29. The molecule has 0 N–H and O–H groups in total. The first-order valence-corrected chi connectivity index (χ1v) is 4.99. The lowest BCUT2D eigenvalue weighted by Crippen LogP contribution is -2.14. The Kier molecular flexibility index (Phi) is 1.98. The highest BCUT2D eigenvalue weighted by molar-refractivity contribution is 8.14. The molecule has 1 fully saturated rings. The molecule has 1 saturated heterocycles. The summed E-state index contributed by atoms with van der Waals surface area (Å²) in [6, 6.07) is 0. The number of halogens is 1. The zero-order valence-corrected chi connectivity index (χ0v) is 6.28. The molecular weight excluding hydrogens is 164 g/mol. The first-order valence-electron chi connectivity index (χ1n) is 2.62. The van der Waals surface area contributed by atoms with Crippen LogP contribution < -0.4 is 0 Å². The fourth-order valence-electron chi connectivity index (χ4n) is 0.735. The van der Waals surface area contributed by atoms with Crippen LogP contribution in [0.4, 0.5) is 0 Å². The smallest absolute Gasteiger partial charge is 0.237 e. The number of ether oxygens (including phenoxy) is 1. The molecule has 1 atom stereocenters. The number of rotatable bonds is 1. The molecule has 1 rings (SSSR count). The Morgan fingerprint density at radius 3 is 2.44 bits per heavy atom. The minimum Gasteiger partial charge on any atom is -0.380 e. The van der Waals surface area contributed by atoms with Gasteiger partial charge in [-0.3, -0.25) is 0 Å². The van der Waals surface area contributed by atoms with Crippen molar-refractivity contribution in [1.82, 2.24) is 0 Å². The van der Waals surface area contributed by atoms with Crippen molar-refractivity contribution in [2.24, 2.45) is 0 Å². The van der Waals surface area contributed by atoms with E-state index in [4.69, 9.17) is 15.4 Å². The average Bonchev–Trinajstić information content (AvgIpc) is 2.08. The Hall–Kier alpha value is 0.200. The Labute approximate surface area is 58.4 Å². The molecule has 54 valence electrons. The largest absolute Gasteiger partial charge is 0.380 e. The van der Waals surface area contributed by atoms with Crippen molar-refractivity contribution in [3.63, 3.8) is 0 Å². The first kappa shape index (κ1) is 7.31. The van der Waals surface area contributed by atoms with Gasteiger partial charge in [-0.2, -0.15) is 0 Å². The van der Waals surface area contributed by atoms with E-state index in [9.17, 15) is 8.42 Å². The van der Waals surface area contributed by atoms with Crippen LogP contribution in [0.25, 0.3) is 0 Å². The molecule has 0 aliphatic carbocycles. The van der Waals surface area contributed by atoms with E-state index in [0.717, 1.165) is 0 Å². The summed E-state index contributed by atoms with van der Waals surface area (Å²) in [6.45, 7) is 0.766. The van der Waals surface area contributed by atoms with Crippen molar-refractivity contribution < 1.29 is 13.2 Å². The molecule has 3 nitrogen and oxygen atoms in total. The quantitative estimate of drug-likeness (QED) is 0.534. The molecule has 0 aromatic carbocycles. The van der Waals surface area contributed by atoms with Gasteiger partial charge in [0, 0.05) is 17.3 Å². The van der Waals surface area contributed by atoms with Crippen LogP contribution in [0.2, 0.25) is 0 Å². The predicted octanol–water partition coefficient (Wildman–Crippen LogP) is 0.344. The normalized spacial score (nSPS) is 28.8. The molecule has 1 aliphatic heterocycles. The molecule has 1 aliphatic rings. The van der Waals surface area contributed by atoms with Crippen molar-refractivity contribution in [3.05, 3.63) is 0 Å². The molecule has 0 amide bonds. The Bertz CT molecular complexity index is 180. The topological polar surface area (TPSA) is 43.4 Å². The van der Waals surface area contributed by atoms with E-state index in [1.807, 2.05) is 0 Å². The van der Waals surface area contributed by atoms with E-state index < -0.39 is 14.3 Å². The summed E-state index contributed by atoms with van der Waals surface area (Å²) in [6.07, 6.45) is 0.534. The zero-order valence-electron chi connectivity index (χ0n) is 4.71. The maximum atomic E-state index is 10.5. The summed E-state index contributed by atoms with van der Waals surface area (Å²) in [4.78, 5) is 0. The van der Waals surface area contributed by atoms with Gasteiger partial charge >= 0.3 is 0 Å². The summed E-state index contributed by atoms with van der Waals surface area (Å²) < 4.78 is 25.9. The number of hydrogen-bond acceptors (Lipinski definition) is 3. The molecular formula is C4H7ClO3S. The number of hydrogen-bond donors (Lipinski definition) is 0. The van der Waals surface area contributed by atoms with Crippen molar-refractivity contribution in [2.45, 2.75) is 11.7 Å². The van der Waals surface area contributed by atoms with Gasteiger partial charge in [0.15, 0.2) is 0 Å². The Morgan fingerprint density at radius 1 is 1.56 bits per heavy atom. The van der Waals surface area contributed by atoms with Crippen molar-refractivity contribution in [1.29, 1.82) is 0 Å². The van der Waals surface area contributed by atoms with Crippen LogP contribution in [0, 0.1) is 0 Å². The summed E-state index contributed by atoms with van der Waals surface area (Å²) in [7, 11) is 1.68. The molecule has 0 spiro atoms. The second kappa shape index (κ2) is 2.44. The molecule has 1 unspecified atom stereocenters. The maximum absolute atomic E-state index is 10.5. The van der Waals surface area contributed by atoms with Gasteiger partial charge in [0.2, 0.25) is 9.05 Å². The second-order valence-corrected chi connectivity index (χ2v) is 4.87. The van der Waals surface area contributed by atoms with Crippen LogP contribution >= 0.6 is 10.7 Å². The average molecular weight is 171 g/mol. The van der Waals surface area contributed by atoms with Gasteiger partial charge in [0.1, 0.15) is 5.25 Å². The minimum atomic E-state index is -3.36. The SMILES string of the molecule is O=S(=O)(Cl)C1CCOC1. The highest BCUT2D eigenvalue weighted by Crippen LogP contribution is 2.16. The molecule has 1 heterocycles. The lowest BCUT2D eigenvalue weighted by atomic mass is 10.4. The van der Waals surface area contributed by atoms with Crippen LogP contribution in [0.5, 0.6) is 0 Å². The molecule has 0 bridgehead atoms. The second-order valence-electron chi connectivity index (χ2n) is 1.96. The maximum Gasteiger partial charge on any atom is 0.237 e. The van der Waals surface area contributed by atoms with E-state index >= 15 is 0 Å². The molecule has 9 heavy (non-hydrogen) atoms. The van der Waals surface area contributed by atoms with Crippen LogP contribution in [-0.2, 0) is 13.8 Å². The molecule has 0 saturated carbocycles. The third-order valence-corrected chi connectivity index (χ3v) is 3.21. The van der Waals surface area contributed by atoms with Crippen LogP contribution in [0.15, 0.2) is 0 Å². The van der Waals surface area contributed by atoms with Crippen LogP contribution in [-0.4, -0.2) is 26.9 Å². The summed E-state index contributed by atoms with van der Waals surface area (Å²) in [5, 5.41) is -0.473. The Morgan fingerprint density at radius 2 is 2.22 bits per heavy atom. The van der Waals surface area contributed by atoms with Crippen molar-refractivity contribution in [2.75, 3.05) is 13.2 Å². The van der Waals surface area contributed by atoms with Crippen molar-refractivity contribution >= 4 is 19.7 Å². The highest BCUT2D eigenvalue weighted by Gasteiger charge is 2.27. The van der Waals surface area contributed by atoms with Gasteiger partial charge in [-0.05, 0) is 6.42 Å². The molecule has 0 radical (unpaired) electrons. The lowest BCUT2D eigenvalue weighted by Gasteiger charge is -1.98. The third kappa shape index (κ3) is 1.81. The van der Waals surface area contributed by atoms with Crippen LogP contribution in [0.1, 0.15) is 6.42 Å². The predicted molar refractivity (Wildman–Crippen MR) is 34.0 cm³/mol. The van der Waals surface area contributed by atoms with E-state index in [0.29, 0.717) is 13.0 Å². The van der Waals surface area contributed by atoms with Gasteiger partial charge in [-0.25, -0.2) is 8.42 Å². The van der Waals surface area contributed by atoms with E-state index in [1.54, 1.807) is 0 Å². The van der Waals surface area contributed by atoms with Crippen molar-refractivity contribution in [3.8, 4) is 0 Å². The summed E-state index contributed by atoms with van der Waals surface area (Å²) in [5.74, 6) is 0.